The van der Waals surface area contributed by atoms with Crippen molar-refractivity contribution >= 4 is 11.6 Å². The van der Waals surface area contributed by atoms with E-state index in [1.807, 2.05) is 54.6 Å². The van der Waals surface area contributed by atoms with E-state index < -0.39 is 0 Å². The summed E-state index contributed by atoms with van der Waals surface area (Å²) in [5.41, 5.74) is 0.663. The van der Waals surface area contributed by atoms with E-state index in [0.29, 0.717) is 24.4 Å². The summed E-state index contributed by atoms with van der Waals surface area (Å²) < 4.78 is 5.86. The van der Waals surface area contributed by atoms with Crippen molar-refractivity contribution in [1.82, 2.24) is 4.90 Å². The lowest BCUT2D eigenvalue weighted by Gasteiger charge is -2.22. The summed E-state index contributed by atoms with van der Waals surface area (Å²) in [6, 6.07) is 17.1. The second-order valence-corrected chi connectivity index (χ2v) is 6.22. The number of amides is 1. The monoisotopic (exact) mass is 340 g/mol. The molecule has 1 aliphatic heterocycles. The van der Waals surface area contributed by atoms with Crippen LogP contribution in [0.4, 0.5) is 5.69 Å². The fourth-order valence-electron chi connectivity index (χ4n) is 3.13. The third-order valence-electron chi connectivity index (χ3n) is 4.47. The number of nitrogens with one attached hydrogen (secondary N) is 1. The van der Waals surface area contributed by atoms with Gasteiger partial charge in [0.1, 0.15) is 5.75 Å². The van der Waals surface area contributed by atoms with Gasteiger partial charge in [0, 0.05) is 19.0 Å². The average Bonchev–Trinajstić information content (AvgIpc) is 3.10. The molecule has 0 unspecified atom stereocenters. The topological polar surface area (TPSA) is 61.8 Å². The zero-order chi connectivity index (χ0) is 17.5. The van der Waals surface area contributed by atoms with E-state index in [1.165, 1.54) is 0 Å². The van der Waals surface area contributed by atoms with Gasteiger partial charge in [0.15, 0.2) is 5.75 Å². The van der Waals surface area contributed by atoms with Gasteiger partial charge in [-0.25, -0.2) is 0 Å². The van der Waals surface area contributed by atoms with Gasteiger partial charge in [-0.1, -0.05) is 30.3 Å². The molecule has 2 aromatic rings. The maximum atomic E-state index is 12.3. The highest BCUT2D eigenvalue weighted by molar-refractivity contribution is 5.92. The number of carbonyl (C=O) groups is 1. The van der Waals surface area contributed by atoms with Crippen molar-refractivity contribution in [3.63, 3.8) is 0 Å². The molecule has 3 rings (SSSR count). The molecule has 2 aromatic carbocycles. The molecule has 1 heterocycles. The second kappa shape index (κ2) is 8.65. The van der Waals surface area contributed by atoms with E-state index in [4.69, 9.17) is 4.74 Å². The number of likely N-dealkylation sites (tertiary alicyclic amines) is 1. The van der Waals surface area contributed by atoms with Crippen LogP contribution in [-0.4, -0.2) is 41.7 Å². The number of hydrogen-bond donors (Lipinski definition) is 2. The lowest BCUT2D eigenvalue weighted by atomic mass is 10.2. The largest absolute Gasteiger partial charge is 0.455 e. The Bertz CT molecular complexity index is 690. The second-order valence-electron chi connectivity index (χ2n) is 6.22. The molecule has 0 aliphatic carbocycles. The summed E-state index contributed by atoms with van der Waals surface area (Å²) in [6.45, 7) is 1.78. The number of benzene rings is 2. The molecule has 5 heteroatoms. The van der Waals surface area contributed by atoms with Crippen molar-refractivity contribution in [3.05, 3.63) is 54.6 Å². The lowest BCUT2D eigenvalue weighted by Crippen LogP contribution is -2.34. The van der Waals surface area contributed by atoms with Gasteiger partial charge in [-0.15, -0.1) is 0 Å². The molecule has 0 radical (unpaired) electrons. The first-order valence-corrected chi connectivity index (χ1v) is 8.73. The molecule has 0 bridgehead atoms. The number of carbonyl (C=O) groups excluding carboxylic acids is 1. The van der Waals surface area contributed by atoms with Crippen molar-refractivity contribution in [1.29, 1.82) is 0 Å². The quantitative estimate of drug-likeness (QED) is 0.812. The zero-order valence-electron chi connectivity index (χ0n) is 14.2. The fraction of sp³-hybridized carbons (Fsp3) is 0.350. The predicted octanol–water partition coefficient (Wildman–Crippen LogP) is 3.26. The van der Waals surface area contributed by atoms with Crippen LogP contribution in [0.5, 0.6) is 11.5 Å². The summed E-state index contributed by atoms with van der Waals surface area (Å²) in [5, 5.41) is 12.3. The van der Waals surface area contributed by atoms with Crippen LogP contribution >= 0.6 is 0 Å². The van der Waals surface area contributed by atoms with Crippen molar-refractivity contribution in [2.75, 3.05) is 25.0 Å². The minimum atomic E-state index is -0.0484. The number of aliphatic hydroxyl groups is 1. The highest BCUT2D eigenvalue weighted by atomic mass is 16.5. The Kier molecular flexibility index (Phi) is 6.04. The molecular weight excluding hydrogens is 316 g/mol. The van der Waals surface area contributed by atoms with Gasteiger partial charge in [-0.05, 0) is 43.7 Å². The van der Waals surface area contributed by atoms with Gasteiger partial charge >= 0.3 is 0 Å². The number of ether oxygens (including phenoxy) is 1. The minimum absolute atomic E-state index is 0.0484. The standard InChI is InChI=1S/C20H24N2O3/c23-15-16-7-6-13-22(16)14-12-20(24)21-18-10-4-5-11-19(18)25-17-8-2-1-3-9-17/h1-5,8-11,16,23H,6-7,12-15H2,(H,21,24)/t16-/m1/s1. The van der Waals surface area contributed by atoms with Crippen LogP contribution in [0, 0.1) is 0 Å². The van der Waals surface area contributed by atoms with Gasteiger partial charge in [-0.2, -0.15) is 0 Å². The number of para-hydroxylation sites is 3. The third-order valence-corrected chi connectivity index (χ3v) is 4.47. The molecule has 0 saturated carbocycles. The smallest absolute Gasteiger partial charge is 0.225 e. The molecule has 1 atom stereocenters. The molecule has 132 valence electrons. The average molecular weight is 340 g/mol. The van der Waals surface area contributed by atoms with Crippen LogP contribution in [0.15, 0.2) is 54.6 Å². The lowest BCUT2D eigenvalue weighted by molar-refractivity contribution is -0.116. The van der Waals surface area contributed by atoms with Crippen LogP contribution in [0.1, 0.15) is 19.3 Å². The van der Waals surface area contributed by atoms with E-state index in [-0.39, 0.29) is 18.6 Å². The van der Waals surface area contributed by atoms with Crippen molar-refractivity contribution in [2.45, 2.75) is 25.3 Å². The Balaban J connectivity index is 1.58. The van der Waals surface area contributed by atoms with Crippen molar-refractivity contribution < 1.29 is 14.6 Å². The summed E-state index contributed by atoms with van der Waals surface area (Å²) >= 11 is 0. The first-order chi connectivity index (χ1) is 12.3. The van der Waals surface area contributed by atoms with E-state index in [1.54, 1.807) is 0 Å². The Morgan fingerprint density at radius 2 is 1.92 bits per heavy atom. The van der Waals surface area contributed by atoms with Crippen molar-refractivity contribution in [2.24, 2.45) is 0 Å². The third kappa shape index (κ3) is 4.81. The number of aliphatic hydroxyl groups excluding tert-OH is 1. The Hall–Kier alpha value is -2.37. The molecule has 1 aliphatic rings. The Labute approximate surface area is 148 Å². The molecule has 0 spiro atoms. The van der Waals surface area contributed by atoms with E-state index in [2.05, 4.69) is 10.2 Å². The molecule has 2 N–H and O–H groups in total. The molecule has 25 heavy (non-hydrogen) atoms. The van der Waals surface area contributed by atoms with Gasteiger partial charge < -0.3 is 15.2 Å². The van der Waals surface area contributed by atoms with Crippen LogP contribution < -0.4 is 10.1 Å². The summed E-state index contributed by atoms with van der Waals surface area (Å²) in [5.74, 6) is 1.30. The fourth-order valence-corrected chi connectivity index (χ4v) is 3.13. The highest BCUT2D eigenvalue weighted by Crippen LogP contribution is 2.29. The van der Waals surface area contributed by atoms with Gasteiger partial charge in [-0.3, -0.25) is 9.69 Å². The van der Waals surface area contributed by atoms with Crippen LogP contribution in [-0.2, 0) is 4.79 Å². The number of nitrogens with zero attached hydrogens (tertiary/aromatic N) is 1. The maximum absolute atomic E-state index is 12.3. The molecule has 5 nitrogen and oxygen atoms in total. The van der Waals surface area contributed by atoms with Crippen LogP contribution in [0.3, 0.4) is 0 Å². The minimum Gasteiger partial charge on any atom is -0.455 e. The maximum Gasteiger partial charge on any atom is 0.225 e. The Morgan fingerprint density at radius 3 is 2.72 bits per heavy atom. The van der Waals surface area contributed by atoms with Crippen LogP contribution in [0.2, 0.25) is 0 Å². The van der Waals surface area contributed by atoms with E-state index in [0.717, 1.165) is 25.1 Å². The molecule has 1 amide bonds. The predicted molar refractivity (Wildman–Crippen MR) is 97.9 cm³/mol. The molecule has 0 aromatic heterocycles. The van der Waals surface area contributed by atoms with E-state index in [9.17, 15) is 9.90 Å². The number of hydrogen-bond acceptors (Lipinski definition) is 4. The summed E-state index contributed by atoms with van der Waals surface area (Å²) in [6.07, 6.45) is 2.49. The van der Waals surface area contributed by atoms with Gasteiger partial charge in [0.2, 0.25) is 5.91 Å². The first-order valence-electron chi connectivity index (χ1n) is 8.73. The van der Waals surface area contributed by atoms with Gasteiger partial charge in [0.05, 0.1) is 12.3 Å². The molecular formula is C20H24N2O3. The first kappa shape index (κ1) is 17.5. The Morgan fingerprint density at radius 1 is 1.16 bits per heavy atom. The number of anilines is 1. The highest BCUT2D eigenvalue weighted by Gasteiger charge is 2.23. The normalized spacial score (nSPS) is 17.4. The molecule has 1 fully saturated rings. The number of rotatable bonds is 7. The van der Waals surface area contributed by atoms with Crippen LogP contribution in [0.25, 0.3) is 0 Å². The zero-order valence-corrected chi connectivity index (χ0v) is 14.2. The van der Waals surface area contributed by atoms with E-state index >= 15 is 0 Å². The summed E-state index contributed by atoms with van der Waals surface area (Å²) in [4.78, 5) is 14.5. The van der Waals surface area contributed by atoms with Crippen molar-refractivity contribution in [3.8, 4) is 11.5 Å². The summed E-state index contributed by atoms with van der Waals surface area (Å²) in [7, 11) is 0. The molecule has 1 saturated heterocycles. The van der Waals surface area contributed by atoms with Gasteiger partial charge in [0.25, 0.3) is 0 Å². The SMILES string of the molecule is O=C(CCN1CCC[C@@H]1CO)Nc1ccccc1Oc1ccccc1.